The minimum atomic E-state index is -2.81. The Bertz CT molecular complexity index is 554. The predicted molar refractivity (Wildman–Crippen MR) is 93.1 cm³/mol. The molecule has 140 valence electrons. The summed E-state index contributed by atoms with van der Waals surface area (Å²) in [6.07, 6.45) is 0.134. The SMILES string of the molecule is CN=C(NCC1CN(C)CCO1)N(C)Cc1ccc(OC(F)F)cc1. The van der Waals surface area contributed by atoms with Gasteiger partial charge in [0.15, 0.2) is 5.96 Å². The topological polar surface area (TPSA) is 49.3 Å². The van der Waals surface area contributed by atoms with E-state index in [-0.39, 0.29) is 11.9 Å². The predicted octanol–water partition coefficient (Wildman–Crippen LogP) is 1.63. The van der Waals surface area contributed by atoms with Crippen molar-refractivity contribution in [3.63, 3.8) is 0 Å². The van der Waals surface area contributed by atoms with Crippen LogP contribution in [0.4, 0.5) is 8.78 Å². The van der Waals surface area contributed by atoms with Crippen molar-refractivity contribution in [1.29, 1.82) is 0 Å². The molecule has 1 aromatic carbocycles. The average Bonchev–Trinajstić information content (AvgIpc) is 2.57. The monoisotopic (exact) mass is 356 g/mol. The molecule has 1 aliphatic rings. The summed E-state index contributed by atoms with van der Waals surface area (Å²) < 4.78 is 34.4. The van der Waals surface area contributed by atoms with Gasteiger partial charge in [-0.25, -0.2) is 0 Å². The molecule has 1 aromatic rings. The quantitative estimate of drug-likeness (QED) is 0.620. The van der Waals surface area contributed by atoms with E-state index in [0.717, 1.165) is 31.2 Å². The first-order chi connectivity index (χ1) is 12.0. The van der Waals surface area contributed by atoms with E-state index in [2.05, 4.69) is 27.0 Å². The molecule has 1 saturated heterocycles. The highest BCUT2D eigenvalue weighted by molar-refractivity contribution is 5.79. The maximum atomic E-state index is 12.2. The maximum Gasteiger partial charge on any atom is 0.387 e. The van der Waals surface area contributed by atoms with Gasteiger partial charge in [-0.1, -0.05) is 12.1 Å². The molecule has 1 unspecified atom stereocenters. The first-order valence-electron chi connectivity index (χ1n) is 8.23. The highest BCUT2D eigenvalue weighted by Crippen LogP contribution is 2.15. The molecule has 1 fully saturated rings. The number of guanidine groups is 1. The lowest BCUT2D eigenvalue weighted by Crippen LogP contribution is -2.48. The number of alkyl halides is 2. The second-order valence-corrected chi connectivity index (χ2v) is 6.06. The van der Waals surface area contributed by atoms with E-state index in [4.69, 9.17) is 4.74 Å². The molecule has 6 nitrogen and oxygen atoms in total. The van der Waals surface area contributed by atoms with Crippen LogP contribution in [0.3, 0.4) is 0 Å². The molecule has 1 heterocycles. The van der Waals surface area contributed by atoms with Crippen molar-refractivity contribution in [1.82, 2.24) is 15.1 Å². The molecule has 0 aromatic heterocycles. The van der Waals surface area contributed by atoms with E-state index in [1.807, 2.05) is 11.9 Å². The number of hydrogen-bond donors (Lipinski definition) is 1. The van der Waals surface area contributed by atoms with Crippen LogP contribution in [0.25, 0.3) is 0 Å². The minimum Gasteiger partial charge on any atom is -0.435 e. The third-order valence-corrected chi connectivity index (χ3v) is 3.97. The van der Waals surface area contributed by atoms with Crippen LogP contribution in [0, 0.1) is 0 Å². The number of halogens is 2. The van der Waals surface area contributed by atoms with Gasteiger partial charge >= 0.3 is 6.61 Å². The summed E-state index contributed by atoms with van der Waals surface area (Å²) in [5, 5.41) is 3.32. The molecule has 1 atom stereocenters. The van der Waals surface area contributed by atoms with E-state index in [1.54, 1.807) is 19.2 Å². The van der Waals surface area contributed by atoms with E-state index in [1.165, 1.54) is 12.1 Å². The molecule has 0 aliphatic carbocycles. The molecule has 8 heteroatoms. The Labute approximate surface area is 147 Å². The van der Waals surface area contributed by atoms with Gasteiger partial charge < -0.3 is 24.6 Å². The Hall–Kier alpha value is -1.93. The summed E-state index contributed by atoms with van der Waals surface area (Å²) in [5.74, 6) is 0.909. The highest BCUT2D eigenvalue weighted by atomic mass is 19.3. The molecule has 1 aliphatic heterocycles. The molecule has 0 amide bonds. The van der Waals surface area contributed by atoms with Crippen LogP contribution in [-0.2, 0) is 11.3 Å². The number of ether oxygens (including phenoxy) is 2. The molecule has 0 spiro atoms. The Balaban J connectivity index is 1.83. The second kappa shape index (κ2) is 9.53. The average molecular weight is 356 g/mol. The zero-order chi connectivity index (χ0) is 18.2. The fourth-order valence-corrected chi connectivity index (χ4v) is 2.71. The lowest BCUT2D eigenvalue weighted by atomic mass is 10.2. The van der Waals surface area contributed by atoms with E-state index < -0.39 is 6.61 Å². The molecule has 0 saturated carbocycles. The van der Waals surface area contributed by atoms with Gasteiger partial charge in [-0.3, -0.25) is 4.99 Å². The second-order valence-electron chi connectivity index (χ2n) is 6.06. The number of morpholine rings is 1. The zero-order valence-corrected chi connectivity index (χ0v) is 14.9. The van der Waals surface area contributed by atoms with Crippen LogP contribution in [0.1, 0.15) is 5.56 Å². The summed E-state index contributed by atoms with van der Waals surface area (Å²) in [6, 6.07) is 6.61. The number of nitrogens with one attached hydrogen (secondary N) is 1. The third-order valence-electron chi connectivity index (χ3n) is 3.97. The summed E-state index contributed by atoms with van der Waals surface area (Å²) in [5.41, 5.74) is 0.973. The fourth-order valence-electron chi connectivity index (χ4n) is 2.71. The lowest BCUT2D eigenvalue weighted by molar-refractivity contribution is -0.0498. The van der Waals surface area contributed by atoms with Crippen LogP contribution < -0.4 is 10.1 Å². The molecule has 2 rings (SSSR count). The van der Waals surface area contributed by atoms with E-state index >= 15 is 0 Å². The summed E-state index contributed by atoms with van der Waals surface area (Å²) in [6.45, 7) is 1.06. The first-order valence-corrected chi connectivity index (χ1v) is 8.23. The molecule has 0 bridgehead atoms. The molecular formula is C17H26F2N4O2. The Morgan fingerprint density at radius 3 is 2.76 bits per heavy atom. The van der Waals surface area contributed by atoms with E-state index in [0.29, 0.717) is 13.1 Å². The van der Waals surface area contributed by atoms with Gasteiger partial charge in [0.05, 0.1) is 12.7 Å². The lowest BCUT2D eigenvalue weighted by Gasteiger charge is -2.31. The first kappa shape index (κ1) is 19.4. The third kappa shape index (κ3) is 6.47. The zero-order valence-electron chi connectivity index (χ0n) is 14.9. The van der Waals surface area contributed by atoms with Crippen molar-refractivity contribution < 1.29 is 18.3 Å². The number of likely N-dealkylation sites (N-methyl/N-ethyl adjacent to an activating group) is 1. The molecule has 0 radical (unpaired) electrons. The maximum absolute atomic E-state index is 12.2. The smallest absolute Gasteiger partial charge is 0.387 e. The van der Waals surface area contributed by atoms with Gasteiger partial charge in [0.2, 0.25) is 0 Å². The number of aliphatic imine (C=N–C) groups is 1. The van der Waals surface area contributed by atoms with Gasteiger partial charge in [-0.05, 0) is 24.7 Å². The van der Waals surface area contributed by atoms with Crippen molar-refractivity contribution in [3.8, 4) is 5.75 Å². The fraction of sp³-hybridized carbons (Fsp3) is 0.588. The highest BCUT2D eigenvalue weighted by Gasteiger charge is 2.18. The van der Waals surface area contributed by atoms with Crippen LogP contribution in [0.15, 0.2) is 29.3 Å². The Kier molecular flexibility index (Phi) is 7.39. The van der Waals surface area contributed by atoms with Crippen molar-refractivity contribution in [2.45, 2.75) is 19.3 Å². The summed E-state index contributed by atoms with van der Waals surface area (Å²) >= 11 is 0. The van der Waals surface area contributed by atoms with Gasteiger partial charge in [0.1, 0.15) is 5.75 Å². The normalized spacial score (nSPS) is 19.1. The van der Waals surface area contributed by atoms with Crippen molar-refractivity contribution in [2.24, 2.45) is 4.99 Å². The van der Waals surface area contributed by atoms with Crippen LogP contribution in [-0.4, -0.2) is 75.9 Å². The number of rotatable bonds is 6. The van der Waals surface area contributed by atoms with Gasteiger partial charge in [0.25, 0.3) is 0 Å². The Morgan fingerprint density at radius 2 is 2.16 bits per heavy atom. The van der Waals surface area contributed by atoms with Gasteiger partial charge in [-0.2, -0.15) is 8.78 Å². The molecular weight excluding hydrogens is 330 g/mol. The van der Waals surface area contributed by atoms with Crippen LogP contribution in [0.2, 0.25) is 0 Å². The van der Waals surface area contributed by atoms with Crippen LogP contribution >= 0.6 is 0 Å². The largest absolute Gasteiger partial charge is 0.435 e. The Morgan fingerprint density at radius 1 is 1.44 bits per heavy atom. The number of nitrogens with zero attached hydrogens (tertiary/aromatic N) is 3. The van der Waals surface area contributed by atoms with Gasteiger partial charge in [0, 0.05) is 40.3 Å². The van der Waals surface area contributed by atoms with Crippen molar-refractivity contribution >= 4 is 5.96 Å². The van der Waals surface area contributed by atoms with E-state index in [9.17, 15) is 8.78 Å². The number of benzene rings is 1. The van der Waals surface area contributed by atoms with Crippen molar-refractivity contribution in [3.05, 3.63) is 29.8 Å². The van der Waals surface area contributed by atoms with Gasteiger partial charge in [-0.15, -0.1) is 0 Å². The molecule has 25 heavy (non-hydrogen) atoms. The minimum absolute atomic E-state index is 0.134. The van der Waals surface area contributed by atoms with Crippen molar-refractivity contribution in [2.75, 3.05) is 47.4 Å². The standard InChI is InChI=1S/C17H26F2N4O2/c1-20-17(21-10-15-12-22(2)8-9-24-15)23(3)11-13-4-6-14(7-5-13)25-16(18)19/h4-7,15-16H,8-12H2,1-3H3,(H,20,21). The summed E-state index contributed by atoms with van der Waals surface area (Å²) in [7, 11) is 5.73. The molecule has 1 N–H and O–H groups in total. The van der Waals surface area contributed by atoms with Crippen LogP contribution in [0.5, 0.6) is 5.75 Å². The summed E-state index contributed by atoms with van der Waals surface area (Å²) in [4.78, 5) is 8.49. The number of hydrogen-bond acceptors (Lipinski definition) is 4.